The van der Waals surface area contributed by atoms with E-state index in [0.29, 0.717) is 10.7 Å². The maximum absolute atomic E-state index is 12.4. The fourth-order valence-corrected chi connectivity index (χ4v) is 3.49. The van der Waals surface area contributed by atoms with Gasteiger partial charge in [-0.05, 0) is 47.7 Å². The number of carbonyl (C=O) groups is 2. The lowest BCUT2D eigenvalue weighted by molar-refractivity contribution is -0.123. The van der Waals surface area contributed by atoms with Crippen LogP contribution in [0.5, 0.6) is 5.75 Å². The van der Waals surface area contributed by atoms with Crippen LogP contribution in [-0.4, -0.2) is 29.2 Å². The Morgan fingerprint density at radius 1 is 1.08 bits per heavy atom. The third-order valence-electron chi connectivity index (χ3n) is 3.35. The van der Waals surface area contributed by atoms with E-state index in [9.17, 15) is 9.59 Å². The van der Waals surface area contributed by atoms with Gasteiger partial charge in [0.1, 0.15) is 12.4 Å². The van der Waals surface area contributed by atoms with Gasteiger partial charge in [0.05, 0.1) is 11.4 Å². The summed E-state index contributed by atoms with van der Waals surface area (Å²) in [5.41, 5.74) is 0.871. The number of para-hydroxylation sites is 1. The molecule has 3 rings (SSSR count). The van der Waals surface area contributed by atoms with Crippen LogP contribution in [0, 0.1) is 0 Å². The van der Waals surface area contributed by atoms with Crippen LogP contribution >= 0.6 is 27.7 Å². The first-order chi connectivity index (χ1) is 11.6. The van der Waals surface area contributed by atoms with Gasteiger partial charge in [0.15, 0.2) is 0 Å². The standard InChI is InChI=1S/C18H14BrNO3S/c19-14-6-4-5-13(11-14)12-16-17(21)20(18(22)24-16)9-10-23-15-7-2-1-3-8-15/h1-8,11-12H,9-10H2/b16-12-. The zero-order valence-corrected chi connectivity index (χ0v) is 15.0. The van der Waals surface area contributed by atoms with Crippen LogP contribution in [0.4, 0.5) is 4.79 Å². The zero-order valence-electron chi connectivity index (χ0n) is 12.6. The summed E-state index contributed by atoms with van der Waals surface area (Å²) in [6.07, 6.45) is 1.73. The van der Waals surface area contributed by atoms with E-state index in [1.165, 1.54) is 4.90 Å². The van der Waals surface area contributed by atoms with Crippen LogP contribution < -0.4 is 4.74 Å². The number of halogens is 1. The molecule has 0 N–H and O–H groups in total. The number of thioether (sulfide) groups is 1. The van der Waals surface area contributed by atoms with Crippen LogP contribution in [0.25, 0.3) is 6.08 Å². The van der Waals surface area contributed by atoms with Gasteiger partial charge in [-0.25, -0.2) is 0 Å². The zero-order chi connectivity index (χ0) is 16.9. The van der Waals surface area contributed by atoms with Crippen molar-refractivity contribution in [3.8, 4) is 5.75 Å². The first-order valence-electron chi connectivity index (χ1n) is 7.32. The second kappa shape index (κ2) is 7.68. The number of imide groups is 1. The van der Waals surface area contributed by atoms with Gasteiger partial charge >= 0.3 is 0 Å². The lowest BCUT2D eigenvalue weighted by Crippen LogP contribution is -2.32. The lowest BCUT2D eigenvalue weighted by atomic mass is 10.2. The predicted octanol–water partition coefficient (Wildman–Crippen LogP) is 4.56. The monoisotopic (exact) mass is 403 g/mol. The van der Waals surface area contributed by atoms with E-state index in [-0.39, 0.29) is 24.3 Å². The topological polar surface area (TPSA) is 46.6 Å². The first kappa shape index (κ1) is 16.8. The minimum atomic E-state index is -0.276. The molecule has 2 aromatic carbocycles. The van der Waals surface area contributed by atoms with Crippen LogP contribution in [0.2, 0.25) is 0 Å². The van der Waals surface area contributed by atoms with Crippen LogP contribution in [0.1, 0.15) is 5.56 Å². The molecule has 0 unspecified atom stereocenters. The van der Waals surface area contributed by atoms with Gasteiger partial charge < -0.3 is 4.74 Å². The highest BCUT2D eigenvalue weighted by Gasteiger charge is 2.34. The van der Waals surface area contributed by atoms with E-state index in [1.807, 2.05) is 54.6 Å². The SMILES string of the molecule is O=C1S/C(=C\c2cccc(Br)c2)C(=O)N1CCOc1ccccc1. The Morgan fingerprint density at radius 2 is 1.88 bits per heavy atom. The smallest absolute Gasteiger partial charge is 0.293 e. The normalized spacial score (nSPS) is 16.0. The van der Waals surface area contributed by atoms with Gasteiger partial charge in [0.25, 0.3) is 11.1 Å². The molecule has 2 amide bonds. The Bertz CT molecular complexity index is 792. The van der Waals surface area contributed by atoms with E-state index in [4.69, 9.17) is 4.74 Å². The molecule has 1 fully saturated rings. The number of nitrogens with zero attached hydrogens (tertiary/aromatic N) is 1. The highest BCUT2D eigenvalue weighted by atomic mass is 79.9. The maximum Gasteiger partial charge on any atom is 0.293 e. The maximum atomic E-state index is 12.4. The second-order valence-corrected chi connectivity index (χ2v) is 6.96. The molecule has 0 aliphatic carbocycles. The second-order valence-electron chi connectivity index (χ2n) is 5.05. The van der Waals surface area contributed by atoms with Gasteiger partial charge in [0, 0.05) is 4.47 Å². The van der Waals surface area contributed by atoms with E-state index in [1.54, 1.807) is 6.08 Å². The number of ether oxygens (including phenoxy) is 1. The average molecular weight is 404 g/mol. The number of amides is 2. The third-order valence-corrected chi connectivity index (χ3v) is 4.75. The molecule has 6 heteroatoms. The molecule has 24 heavy (non-hydrogen) atoms. The summed E-state index contributed by atoms with van der Waals surface area (Å²) in [5.74, 6) is 0.441. The molecule has 0 radical (unpaired) electrons. The van der Waals surface area contributed by atoms with Crippen molar-refractivity contribution in [3.05, 3.63) is 69.5 Å². The first-order valence-corrected chi connectivity index (χ1v) is 8.93. The molecule has 4 nitrogen and oxygen atoms in total. The molecule has 1 heterocycles. The van der Waals surface area contributed by atoms with Crippen molar-refractivity contribution in [2.24, 2.45) is 0 Å². The van der Waals surface area contributed by atoms with Gasteiger partial charge in [-0.1, -0.05) is 46.3 Å². The minimum Gasteiger partial charge on any atom is -0.492 e. The molecular formula is C18H14BrNO3S. The van der Waals surface area contributed by atoms with Crippen LogP contribution in [-0.2, 0) is 4.79 Å². The van der Waals surface area contributed by atoms with Crippen molar-refractivity contribution < 1.29 is 14.3 Å². The number of carbonyl (C=O) groups excluding carboxylic acids is 2. The van der Waals surface area contributed by atoms with Crippen molar-refractivity contribution in [1.29, 1.82) is 0 Å². The van der Waals surface area contributed by atoms with Crippen molar-refractivity contribution in [2.75, 3.05) is 13.2 Å². The lowest BCUT2D eigenvalue weighted by Gasteiger charge is -2.13. The van der Waals surface area contributed by atoms with Crippen molar-refractivity contribution in [1.82, 2.24) is 4.90 Å². The molecule has 0 aromatic heterocycles. The summed E-state index contributed by atoms with van der Waals surface area (Å²) in [6, 6.07) is 16.9. The number of hydrogen-bond acceptors (Lipinski definition) is 4. The molecule has 1 saturated heterocycles. The van der Waals surface area contributed by atoms with E-state index >= 15 is 0 Å². The summed E-state index contributed by atoms with van der Waals surface area (Å²) in [4.78, 5) is 26.1. The number of rotatable bonds is 5. The molecule has 0 spiro atoms. The molecule has 2 aromatic rings. The molecular weight excluding hydrogens is 390 g/mol. The van der Waals surface area contributed by atoms with Crippen LogP contribution in [0.3, 0.4) is 0 Å². The van der Waals surface area contributed by atoms with E-state index in [2.05, 4.69) is 15.9 Å². The molecule has 1 aliphatic heterocycles. The van der Waals surface area contributed by atoms with Gasteiger partial charge in [-0.3, -0.25) is 14.5 Å². The van der Waals surface area contributed by atoms with Crippen molar-refractivity contribution in [2.45, 2.75) is 0 Å². The Hall–Kier alpha value is -2.05. The largest absolute Gasteiger partial charge is 0.492 e. The Balaban J connectivity index is 1.63. The minimum absolute atomic E-state index is 0.232. The Morgan fingerprint density at radius 3 is 2.62 bits per heavy atom. The highest BCUT2D eigenvalue weighted by Crippen LogP contribution is 2.32. The number of benzene rings is 2. The summed E-state index contributed by atoms with van der Waals surface area (Å²) >= 11 is 4.35. The fourth-order valence-electron chi connectivity index (χ4n) is 2.21. The summed E-state index contributed by atoms with van der Waals surface area (Å²) in [5, 5.41) is -0.266. The fraction of sp³-hybridized carbons (Fsp3) is 0.111. The average Bonchev–Trinajstić information content (AvgIpc) is 2.83. The van der Waals surface area contributed by atoms with Crippen molar-refractivity contribution >= 4 is 44.9 Å². The number of hydrogen-bond donors (Lipinski definition) is 0. The summed E-state index contributed by atoms with van der Waals surface area (Å²) in [6.45, 7) is 0.502. The van der Waals surface area contributed by atoms with E-state index < -0.39 is 0 Å². The summed E-state index contributed by atoms with van der Waals surface area (Å²) < 4.78 is 6.48. The van der Waals surface area contributed by atoms with Gasteiger partial charge in [-0.2, -0.15) is 0 Å². The van der Waals surface area contributed by atoms with Crippen LogP contribution in [0.15, 0.2) is 64.0 Å². The Kier molecular flexibility index (Phi) is 5.37. The van der Waals surface area contributed by atoms with E-state index in [0.717, 1.165) is 21.8 Å². The highest BCUT2D eigenvalue weighted by molar-refractivity contribution is 9.10. The molecule has 0 bridgehead atoms. The predicted molar refractivity (Wildman–Crippen MR) is 98.8 cm³/mol. The molecule has 1 aliphatic rings. The Labute approximate surface area is 152 Å². The molecule has 122 valence electrons. The van der Waals surface area contributed by atoms with Gasteiger partial charge in [-0.15, -0.1) is 0 Å². The quantitative estimate of drug-likeness (QED) is 0.686. The van der Waals surface area contributed by atoms with Crippen molar-refractivity contribution in [3.63, 3.8) is 0 Å². The third kappa shape index (κ3) is 4.07. The van der Waals surface area contributed by atoms with Gasteiger partial charge in [0.2, 0.25) is 0 Å². The molecule has 0 atom stereocenters. The molecule has 0 saturated carbocycles. The summed E-state index contributed by atoms with van der Waals surface area (Å²) in [7, 11) is 0.